The molecule has 0 fully saturated rings. The standard InChI is InChI=1S/C25H20N2/c1-3-11-19(12-4-1)21-15-7-8-16-22(21)25(20-13-5-2-6-14-20)26-23-17-9-10-18-24(23)27-25/h1-18,26-27H. The van der Waals surface area contributed by atoms with Gasteiger partial charge in [0.05, 0.1) is 11.4 Å². The first-order valence-electron chi connectivity index (χ1n) is 9.23. The molecule has 0 atom stereocenters. The number of hydrogen-bond acceptors (Lipinski definition) is 2. The largest absolute Gasteiger partial charge is 0.354 e. The lowest BCUT2D eigenvalue weighted by molar-refractivity contribution is 0.705. The highest BCUT2D eigenvalue weighted by molar-refractivity contribution is 5.82. The molecule has 0 saturated heterocycles. The summed E-state index contributed by atoms with van der Waals surface area (Å²) in [5.74, 6) is 0. The van der Waals surface area contributed by atoms with E-state index in [9.17, 15) is 0 Å². The molecule has 0 saturated carbocycles. The van der Waals surface area contributed by atoms with Crippen LogP contribution < -0.4 is 10.6 Å². The van der Waals surface area contributed by atoms with E-state index in [0.29, 0.717) is 0 Å². The summed E-state index contributed by atoms with van der Waals surface area (Å²) in [7, 11) is 0. The molecule has 2 heteroatoms. The van der Waals surface area contributed by atoms with E-state index in [-0.39, 0.29) is 0 Å². The molecule has 0 unspecified atom stereocenters. The molecule has 0 aromatic heterocycles. The molecule has 0 spiro atoms. The lowest BCUT2D eigenvalue weighted by Crippen LogP contribution is -2.40. The monoisotopic (exact) mass is 348 g/mol. The van der Waals surface area contributed by atoms with E-state index < -0.39 is 5.66 Å². The van der Waals surface area contributed by atoms with Crippen LogP contribution in [-0.2, 0) is 5.66 Å². The molecule has 27 heavy (non-hydrogen) atoms. The molecular weight excluding hydrogens is 328 g/mol. The molecule has 2 N–H and O–H groups in total. The molecule has 0 bridgehead atoms. The fraction of sp³-hybridized carbons (Fsp3) is 0.0400. The van der Waals surface area contributed by atoms with E-state index in [4.69, 9.17) is 0 Å². The van der Waals surface area contributed by atoms with E-state index >= 15 is 0 Å². The van der Waals surface area contributed by atoms with E-state index in [1.54, 1.807) is 0 Å². The van der Waals surface area contributed by atoms with Crippen molar-refractivity contribution < 1.29 is 0 Å². The number of para-hydroxylation sites is 2. The maximum Gasteiger partial charge on any atom is 0.162 e. The number of benzene rings is 4. The Kier molecular flexibility index (Phi) is 3.68. The smallest absolute Gasteiger partial charge is 0.162 e. The van der Waals surface area contributed by atoms with Gasteiger partial charge >= 0.3 is 0 Å². The third-order valence-corrected chi connectivity index (χ3v) is 5.19. The fourth-order valence-electron chi connectivity index (χ4n) is 3.94. The normalized spacial score (nSPS) is 14.1. The van der Waals surface area contributed by atoms with Crippen molar-refractivity contribution in [3.63, 3.8) is 0 Å². The van der Waals surface area contributed by atoms with Gasteiger partial charge in [0.1, 0.15) is 0 Å². The number of anilines is 2. The molecule has 0 aliphatic carbocycles. The zero-order valence-corrected chi connectivity index (χ0v) is 14.9. The lowest BCUT2D eigenvalue weighted by atomic mass is 9.86. The van der Waals surface area contributed by atoms with E-state index in [0.717, 1.165) is 11.4 Å². The van der Waals surface area contributed by atoms with Gasteiger partial charge in [-0.1, -0.05) is 97.1 Å². The second-order valence-corrected chi connectivity index (χ2v) is 6.82. The first kappa shape index (κ1) is 15.7. The van der Waals surface area contributed by atoms with Crippen molar-refractivity contribution in [2.24, 2.45) is 0 Å². The van der Waals surface area contributed by atoms with Crippen LogP contribution in [0.1, 0.15) is 11.1 Å². The van der Waals surface area contributed by atoms with Crippen LogP contribution in [0.25, 0.3) is 11.1 Å². The fourth-order valence-corrected chi connectivity index (χ4v) is 3.94. The molecule has 130 valence electrons. The molecule has 5 rings (SSSR count). The molecule has 4 aromatic rings. The van der Waals surface area contributed by atoms with E-state index in [2.05, 4.69) is 120 Å². The molecule has 1 aliphatic heterocycles. The van der Waals surface area contributed by atoms with Crippen molar-refractivity contribution in [2.45, 2.75) is 5.66 Å². The van der Waals surface area contributed by atoms with Crippen LogP contribution in [-0.4, -0.2) is 0 Å². The van der Waals surface area contributed by atoms with Crippen LogP contribution in [0.4, 0.5) is 11.4 Å². The summed E-state index contributed by atoms with van der Waals surface area (Å²) in [6.07, 6.45) is 0. The number of fused-ring (bicyclic) bond motifs is 1. The van der Waals surface area contributed by atoms with Gasteiger partial charge in [0.15, 0.2) is 5.66 Å². The average molecular weight is 348 g/mol. The van der Waals surface area contributed by atoms with Gasteiger partial charge in [0.2, 0.25) is 0 Å². The summed E-state index contributed by atoms with van der Waals surface area (Å²) >= 11 is 0. The molecule has 1 heterocycles. The van der Waals surface area contributed by atoms with Gasteiger partial charge in [-0.05, 0) is 23.3 Å². The SMILES string of the molecule is c1ccc(-c2ccccc2C2(c3ccccc3)Nc3ccccc3N2)cc1. The van der Waals surface area contributed by atoms with Crippen LogP contribution in [0.2, 0.25) is 0 Å². The second kappa shape index (κ2) is 6.33. The third-order valence-electron chi connectivity index (χ3n) is 5.19. The summed E-state index contributed by atoms with van der Waals surface area (Å²) in [4.78, 5) is 0. The van der Waals surface area contributed by atoms with Gasteiger partial charge < -0.3 is 10.6 Å². The Morgan fingerprint density at radius 2 is 1.00 bits per heavy atom. The Bertz CT molecular complexity index is 1050. The average Bonchev–Trinajstić information content (AvgIpc) is 3.16. The van der Waals surface area contributed by atoms with Crippen LogP contribution in [0.15, 0.2) is 109 Å². The second-order valence-electron chi connectivity index (χ2n) is 6.82. The Morgan fingerprint density at radius 1 is 0.481 bits per heavy atom. The quantitative estimate of drug-likeness (QED) is 0.468. The van der Waals surface area contributed by atoms with Gasteiger partial charge in [0.25, 0.3) is 0 Å². The predicted octanol–water partition coefficient (Wildman–Crippen LogP) is 6.09. The maximum atomic E-state index is 3.78. The van der Waals surface area contributed by atoms with Gasteiger partial charge in [-0.2, -0.15) is 0 Å². The Hall–Kier alpha value is -3.52. The molecule has 4 aromatic carbocycles. The highest BCUT2D eigenvalue weighted by atomic mass is 15.3. The highest BCUT2D eigenvalue weighted by Gasteiger charge is 2.41. The molecule has 0 radical (unpaired) electrons. The molecular formula is C25H20N2. The van der Waals surface area contributed by atoms with Gasteiger partial charge in [-0.25, -0.2) is 0 Å². The topological polar surface area (TPSA) is 24.1 Å². The first-order chi connectivity index (χ1) is 13.4. The summed E-state index contributed by atoms with van der Waals surface area (Å²) in [5, 5.41) is 7.56. The summed E-state index contributed by atoms with van der Waals surface area (Å²) in [6.45, 7) is 0. The van der Waals surface area contributed by atoms with Crippen molar-refractivity contribution in [2.75, 3.05) is 10.6 Å². The van der Waals surface area contributed by atoms with E-state index in [1.807, 2.05) is 0 Å². The minimum Gasteiger partial charge on any atom is -0.354 e. The molecule has 0 amide bonds. The number of rotatable bonds is 3. The summed E-state index contributed by atoms with van der Waals surface area (Å²) in [5.41, 5.74) is 6.53. The van der Waals surface area contributed by atoms with Crippen LogP contribution in [0, 0.1) is 0 Å². The Labute approximate surface area is 159 Å². The van der Waals surface area contributed by atoms with E-state index in [1.165, 1.54) is 22.3 Å². The van der Waals surface area contributed by atoms with Crippen LogP contribution in [0.3, 0.4) is 0 Å². The third kappa shape index (κ3) is 2.58. The maximum absolute atomic E-state index is 3.78. The molecule has 1 aliphatic rings. The minimum absolute atomic E-state index is 0.516. The minimum atomic E-state index is -0.516. The van der Waals surface area contributed by atoms with Gasteiger partial charge in [0, 0.05) is 11.1 Å². The Morgan fingerprint density at radius 3 is 1.67 bits per heavy atom. The zero-order valence-electron chi connectivity index (χ0n) is 14.9. The highest BCUT2D eigenvalue weighted by Crippen LogP contribution is 2.46. The van der Waals surface area contributed by atoms with Crippen LogP contribution in [0.5, 0.6) is 0 Å². The van der Waals surface area contributed by atoms with Crippen molar-refractivity contribution in [1.82, 2.24) is 0 Å². The van der Waals surface area contributed by atoms with Crippen molar-refractivity contribution >= 4 is 11.4 Å². The van der Waals surface area contributed by atoms with Crippen LogP contribution >= 0.6 is 0 Å². The zero-order chi connectivity index (χ0) is 18.1. The van der Waals surface area contributed by atoms with Crippen molar-refractivity contribution in [1.29, 1.82) is 0 Å². The number of nitrogens with one attached hydrogen (secondary N) is 2. The first-order valence-corrected chi connectivity index (χ1v) is 9.23. The molecule has 2 nitrogen and oxygen atoms in total. The van der Waals surface area contributed by atoms with Gasteiger partial charge in [-0.3, -0.25) is 0 Å². The summed E-state index contributed by atoms with van der Waals surface area (Å²) in [6, 6.07) is 38.2. The van der Waals surface area contributed by atoms with Gasteiger partial charge in [-0.15, -0.1) is 0 Å². The lowest BCUT2D eigenvalue weighted by Gasteiger charge is -2.34. The van der Waals surface area contributed by atoms with Crippen molar-refractivity contribution in [3.05, 3.63) is 120 Å². The number of hydrogen-bond donors (Lipinski definition) is 2. The Balaban J connectivity index is 1.75. The summed E-state index contributed by atoms with van der Waals surface area (Å²) < 4.78 is 0. The van der Waals surface area contributed by atoms with Crippen molar-refractivity contribution in [3.8, 4) is 11.1 Å². The predicted molar refractivity (Wildman–Crippen MR) is 113 cm³/mol.